The Morgan fingerprint density at radius 2 is 1.72 bits per heavy atom. The van der Waals surface area contributed by atoms with Crippen molar-refractivity contribution >= 4 is 58.2 Å². The zero-order valence-electron chi connectivity index (χ0n) is 26.4. The highest BCUT2D eigenvalue weighted by molar-refractivity contribution is 6.32. The average Bonchev–Trinajstić information content (AvgIpc) is 3.10. The number of nitrogens with zero attached hydrogens (tertiary/aromatic N) is 4. The Labute approximate surface area is 290 Å². The monoisotopic (exact) mass is 705 g/mol. The molecule has 6 bridgehead atoms. The molecule has 1 fully saturated rings. The SMILES string of the molecule is N#Cc1cccc(C(=O)N2CCC(CC(=O)Nc3ccc4cc3CCc3cccc(c3)Nc3ncc(Cl)c(n3)N4)CC2)c1.O=C(O)C(F)(F)F. The molecule has 15 heteroatoms. The highest BCUT2D eigenvalue weighted by Crippen LogP contribution is 2.30. The number of benzene rings is 3. The summed E-state index contributed by atoms with van der Waals surface area (Å²) in [6.45, 7) is 1.17. The van der Waals surface area contributed by atoms with Crippen molar-refractivity contribution in [2.75, 3.05) is 29.0 Å². The van der Waals surface area contributed by atoms with Gasteiger partial charge in [-0.15, -0.1) is 0 Å². The van der Waals surface area contributed by atoms with E-state index < -0.39 is 12.1 Å². The van der Waals surface area contributed by atoms with E-state index in [1.54, 1.807) is 30.5 Å². The summed E-state index contributed by atoms with van der Waals surface area (Å²) in [5, 5.41) is 26.4. The van der Waals surface area contributed by atoms with Gasteiger partial charge in [-0.25, -0.2) is 9.78 Å². The van der Waals surface area contributed by atoms with Crippen LogP contribution in [0.4, 0.5) is 42.0 Å². The van der Waals surface area contributed by atoms with Gasteiger partial charge in [0.05, 0.1) is 17.8 Å². The highest BCUT2D eigenvalue weighted by atomic mass is 35.5. The Bertz CT molecular complexity index is 1940. The van der Waals surface area contributed by atoms with Crippen molar-refractivity contribution in [1.82, 2.24) is 14.9 Å². The van der Waals surface area contributed by atoms with E-state index in [9.17, 15) is 22.8 Å². The summed E-state index contributed by atoms with van der Waals surface area (Å²) < 4.78 is 31.7. The van der Waals surface area contributed by atoms with E-state index in [0.717, 1.165) is 53.9 Å². The van der Waals surface area contributed by atoms with Gasteiger partial charge in [-0.1, -0.05) is 29.8 Å². The second kappa shape index (κ2) is 15.7. The quantitative estimate of drug-likeness (QED) is 0.174. The van der Waals surface area contributed by atoms with Crippen molar-refractivity contribution in [1.29, 1.82) is 5.26 Å². The molecule has 0 unspecified atom stereocenters. The molecular weight excluding hydrogens is 675 g/mol. The van der Waals surface area contributed by atoms with E-state index in [2.05, 4.69) is 44.1 Å². The second-order valence-corrected chi connectivity index (χ2v) is 12.1. The van der Waals surface area contributed by atoms with Crippen LogP contribution in [-0.4, -0.2) is 57.0 Å². The molecule has 2 aliphatic heterocycles. The number of aliphatic carboxylic acids is 1. The average molecular weight is 706 g/mol. The molecular formula is C35H31ClF3N7O4. The minimum atomic E-state index is -5.08. The summed E-state index contributed by atoms with van der Waals surface area (Å²) in [6, 6.07) is 22.8. The third-order valence-electron chi connectivity index (χ3n) is 8.11. The minimum absolute atomic E-state index is 0.0407. The van der Waals surface area contributed by atoms with Crippen molar-refractivity contribution in [2.24, 2.45) is 5.92 Å². The number of rotatable bonds is 4. The zero-order valence-corrected chi connectivity index (χ0v) is 27.2. The lowest BCUT2D eigenvalue weighted by molar-refractivity contribution is -0.192. The van der Waals surface area contributed by atoms with Gasteiger partial charge < -0.3 is 26.0 Å². The van der Waals surface area contributed by atoms with Crippen LogP contribution in [0.1, 0.15) is 46.3 Å². The van der Waals surface area contributed by atoms with Crippen LogP contribution in [0.15, 0.2) is 72.9 Å². The van der Waals surface area contributed by atoms with Crippen molar-refractivity contribution in [2.45, 2.75) is 38.3 Å². The van der Waals surface area contributed by atoms with Crippen LogP contribution in [-0.2, 0) is 22.4 Å². The number of carboxylic acid groups (broad SMARTS) is 1. The summed E-state index contributed by atoms with van der Waals surface area (Å²) in [7, 11) is 0. The molecule has 11 nitrogen and oxygen atoms in total. The normalized spacial score (nSPS) is 14.1. The Hall–Kier alpha value is -5.68. The van der Waals surface area contributed by atoms with Crippen molar-refractivity contribution in [3.05, 3.63) is 100 Å². The first-order chi connectivity index (χ1) is 23.9. The van der Waals surface area contributed by atoms with Gasteiger partial charge in [0.25, 0.3) is 5.91 Å². The standard InChI is InChI=1S/C33H30ClN7O2.C2HF3O2/c34-28-20-36-33-38-26-6-2-3-21(16-26)7-8-24-18-27(37-31(28)40-33)9-10-29(24)39-30(42)17-22-11-13-41(14-12-22)32(43)25-5-1-4-23(15-25)19-35;3-2(4,5)1(6)7/h1-6,9-10,15-16,18,20,22H,7-8,11-14,17H2,(H,39,42)(H2,36,37,38,40);(H,6,7). The van der Waals surface area contributed by atoms with Crippen LogP contribution < -0.4 is 16.0 Å². The summed E-state index contributed by atoms with van der Waals surface area (Å²) in [5.74, 6) is -1.76. The number of carbonyl (C=O) groups is 3. The molecule has 0 atom stereocenters. The number of aryl methyl sites for hydroxylation is 2. The fraction of sp³-hybridized carbons (Fsp3) is 0.257. The molecule has 0 spiro atoms. The zero-order chi connectivity index (χ0) is 35.8. The first kappa shape index (κ1) is 35.6. The van der Waals surface area contributed by atoms with E-state index >= 15 is 0 Å². The lowest BCUT2D eigenvalue weighted by Gasteiger charge is -2.32. The minimum Gasteiger partial charge on any atom is -0.475 e. The molecule has 6 rings (SSSR count). The molecule has 1 saturated heterocycles. The van der Waals surface area contributed by atoms with Gasteiger partial charge in [0.2, 0.25) is 11.9 Å². The number of aromatic nitrogens is 2. The topological polar surface area (TPSA) is 160 Å². The molecule has 0 saturated carbocycles. The molecule has 1 aromatic heterocycles. The van der Waals surface area contributed by atoms with Crippen LogP contribution in [0.3, 0.4) is 0 Å². The lowest BCUT2D eigenvalue weighted by Crippen LogP contribution is -2.39. The van der Waals surface area contributed by atoms with Gasteiger partial charge >= 0.3 is 12.1 Å². The van der Waals surface area contributed by atoms with Gasteiger partial charge in [0, 0.05) is 42.1 Å². The number of nitrogens with one attached hydrogen (secondary N) is 3. The molecule has 4 N–H and O–H groups in total. The molecule has 4 aromatic rings. The van der Waals surface area contributed by atoms with Crippen molar-refractivity contribution in [3.8, 4) is 6.07 Å². The summed E-state index contributed by atoms with van der Waals surface area (Å²) in [4.78, 5) is 45.7. The Balaban J connectivity index is 0.000000630. The van der Waals surface area contributed by atoms with E-state index in [-0.39, 0.29) is 17.7 Å². The number of halogens is 4. The van der Waals surface area contributed by atoms with E-state index in [1.165, 1.54) is 0 Å². The summed E-state index contributed by atoms with van der Waals surface area (Å²) in [6.07, 6.45) is -0.134. The molecule has 3 heterocycles. The van der Waals surface area contributed by atoms with E-state index in [0.29, 0.717) is 47.4 Å². The van der Waals surface area contributed by atoms with Crippen LogP contribution in [0, 0.1) is 17.2 Å². The van der Waals surface area contributed by atoms with Crippen LogP contribution >= 0.6 is 11.6 Å². The number of hydrogen-bond acceptors (Lipinski definition) is 8. The summed E-state index contributed by atoms with van der Waals surface area (Å²) >= 11 is 6.39. The van der Waals surface area contributed by atoms with Crippen molar-refractivity contribution < 1.29 is 32.7 Å². The summed E-state index contributed by atoms with van der Waals surface area (Å²) in [5.41, 5.74) is 5.61. The van der Waals surface area contributed by atoms with Gasteiger partial charge in [-0.2, -0.15) is 23.4 Å². The van der Waals surface area contributed by atoms with Crippen molar-refractivity contribution in [3.63, 3.8) is 0 Å². The molecule has 0 radical (unpaired) electrons. The number of anilines is 5. The predicted octanol–water partition coefficient (Wildman–Crippen LogP) is 7.10. The third kappa shape index (κ3) is 9.48. The number of likely N-dealkylation sites (tertiary alicyclic amines) is 1. The number of carboxylic acids is 1. The number of alkyl halides is 3. The fourth-order valence-corrected chi connectivity index (χ4v) is 5.71. The molecule has 50 heavy (non-hydrogen) atoms. The Morgan fingerprint density at radius 1 is 1.00 bits per heavy atom. The molecule has 3 aromatic carbocycles. The van der Waals surface area contributed by atoms with E-state index in [1.807, 2.05) is 35.2 Å². The van der Waals surface area contributed by atoms with Crippen LogP contribution in [0.25, 0.3) is 0 Å². The highest BCUT2D eigenvalue weighted by Gasteiger charge is 2.38. The number of nitriles is 1. The van der Waals surface area contributed by atoms with Gasteiger partial charge in [-0.3, -0.25) is 9.59 Å². The van der Waals surface area contributed by atoms with Gasteiger partial charge in [0.15, 0.2) is 5.82 Å². The maximum Gasteiger partial charge on any atom is 0.490 e. The van der Waals surface area contributed by atoms with Crippen LogP contribution in [0.2, 0.25) is 5.02 Å². The van der Waals surface area contributed by atoms with Gasteiger partial charge in [0.1, 0.15) is 5.02 Å². The Kier molecular flexibility index (Phi) is 11.2. The smallest absolute Gasteiger partial charge is 0.475 e. The fourth-order valence-electron chi connectivity index (χ4n) is 5.57. The second-order valence-electron chi connectivity index (χ2n) is 11.7. The lowest BCUT2D eigenvalue weighted by atomic mass is 9.92. The molecule has 0 aliphatic carbocycles. The molecule has 2 aliphatic rings. The maximum atomic E-state index is 13.2. The number of carbonyl (C=O) groups excluding carboxylic acids is 2. The van der Waals surface area contributed by atoms with E-state index in [4.69, 9.17) is 26.8 Å². The Morgan fingerprint density at radius 3 is 2.44 bits per heavy atom. The number of hydrogen-bond donors (Lipinski definition) is 4. The first-order valence-corrected chi connectivity index (χ1v) is 15.9. The first-order valence-electron chi connectivity index (χ1n) is 15.6. The number of fused-ring (bicyclic) bond motifs is 6. The maximum absolute atomic E-state index is 13.2. The third-order valence-corrected chi connectivity index (χ3v) is 8.39. The predicted molar refractivity (Wildman–Crippen MR) is 181 cm³/mol. The molecule has 258 valence electrons. The largest absolute Gasteiger partial charge is 0.490 e. The number of piperidine rings is 1. The molecule has 2 amide bonds. The van der Waals surface area contributed by atoms with Crippen LogP contribution in [0.5, 0.6) is 0 Å². The van der Waals surface area contributed by atoms with Gasteiger partial charge in [-0.05, 0) is 91.3 Å². The number of amides is 2.